The number of rotatable bonds is 12. The molecule has 1 N–H and O–H groups in total. The summed E-state index contributed by atoms with van der Waals surface area (Å²) >= 11 is 6.55. The van der Waals surface area contributed by atoms with E-state index >= 15 is 0 Å². The van der Waals surface area contributed by atoms with Gasteiger partial charge in [-0.1, -0.05) is 54.1 Å². The fraction of sp³-hybridized carbons (Fsp3) is 0.462. The Kier molecular flexibility index (Phi) is 9.23. The second-order valence-corrected chi connectivity index (χ2v) is 9.43. The van der Waals surface area contributed by atoms with Crippen LogP contribution in [0.3, 0.4) is 0 Å². The summed E-state index contributed by atoms with van der Waals surface area (Å²) in [6.07, 6.45) is 1.31. The zero-order valence-corrected chi connectivity index (χ0v) is 21.6. The van der Waals surface area contributed by atoms with Crippen molar-refractivity contribution >= 4 is 34.4 Å². The molecular weight excluding hydrogens is 466 g/mol. The summed E-state index contributed by atoms with van der Waals surface area (Å²) < 4.78 is 7.06. The average molecular weight is 500 g/mol. The van der Waals surface area contributed by atoms with E-state index in [1.807, 2.05) is 58.0 Å². The molecule has 1 aromatic heterocycles. The van der Waals surface area contributed by atoms with Crippen LogP contribution in [0.4, 0.5) is 0 Å². The Morgan fingerprint density at radius 2 is 1.86 bits per heavy atom. The van der Waals surface area contributed by atoms with Gasteiger partial charge in [-0.3, -0.25) is 9.59 Å². The lowest BCUT2D eigenvalue weighted by atomic mass is 9.98. The third-order valence-corrected chi connectivity index (χ3v) is 6.37. The van der Waals surface area contributed by atoms with E-state index in [2.05, 4.69) is 15.6 Å². The number of carbonyl (C=O) groups excluding carboxylic acids is 2. The van der Waals surface area contributed by atoms with Gasteiger partial charge in [-0.15, -0.1) is 5.10 Å². The van der Waals surface area contributed by atoms with Crippen LogP contribution < -0.4 is 5.32 Å². The van der Waals surface area contributed by atoms with Crippen molar-refractivity contribution in [2.24, 2.45) is 0 Å². The monoisotopic (exact) mass is 499 g/mol. The summed E-state index contributed by atoms with van der Waals surface area (Å²) in [5.74, 6) is -0.537. The van der Waals surface area contributed by atoms with Gasteiger partial charge in [0, 0.05) is 35.9 Å². The minimum absolute atomic E-state index is 0.0550. The quantitative estimate of drug-likeness (QED) is 0.373. The molecule has 0 fully saturated rings. The van der Waals surface area contributed by atoms with Crippen LogP contribution in [0.2, 0.25) is 5.02 Å². The summed E-state index contributed by atoms with van der Waals surface area (Å²) in [6, 6.07) is 13.7. The maximum atomic E-state index is 13.8. The molecule has 8 nitrogen and oxygen atoms in total. The Morgan fingerprint density at radius 3 is 2.57 bits per heavy atom. The normalized spacial score (nSPS) is 12.5. The zero-order valence-electron chi connectivity index (χ0n) is 20.8. The summed E-state index contributed by atoms with van der Waals surface area (Å²) in [5.41, 5.74) is 1.58. The van der Waals surface area contributed by atoms with Crippen molar-refractivity contribution in [1.29, 1.82) is 0 Å². The third-order valence-electron chi connectivity index (χ3n) is 6.02. The number of hydrogen-bond acceptors (Lipinski definition) is 5. The Morgan fingerprint density at radius 1 is 1.14 bits per heavy atom. The minimum Gasteiger partial charge on any atom is -0.382 e. The molecular formula is C26H34ClN5O3. The number of nitrogens with zero attached hydrogens (tertiary/aromatic N) is 4. The first kappa shape index (κ1) is 26.6. The number of amides is 2. The summed E-state index contributed by atoms with van der Waals surface area (Å²) in [5, 5.41) is 11.8. The maximum Gasteiger partial charge on any atom is 0.247 e. The highest BCUT2D eigenvalue weighted by molar-refractivity contribution is 6.31. The van der Waals surface area contributed by atoms with Gasteiger partial charge in [-0.2, -0.15) is 0 Å². The van der Waals surface area contributed by atoms with Crippen molar-refractivity contribution in [3.05, 3.63) is 59.1 Å². The van der Waals surface area contributed by atoms with Gasteiger partial charge >= 0.3 is 0 Å². The molecule has 0 aliphatic carbocycles. The molecule has 3 rings (SSSR count). The number of ether oxygens (including phenoxy) is 1. The van der Waals surface area contributed by atoms with E-state index in [1.54, 1.807) is 27.8 Å². The van der Waals surface area contributed by atoms with Crippen molar-refractivity contribution in [3.63, 3.8) is 0 Å². The second kappa shape index (κ2) is 12.1. The molecule has 0 aliphatic rings. The van der Waals surface area contributed by atoms with Crippen LogP contribution in [-0.4, -0.2) is 57.0 Å². The van der Waals surface area contributed by atoms with Crippen LogP contribution in [0.1, 0.15) is 52.1 Å². The molecule has 2 amide bonds. The van der Waals surface area contributed by atoms with E-state index in [-0.39, 0.29) is 18.4 Å². The minimum atomic E-state index is -0.904. The topological polar surface area (TPSA) is 89.3 Å². The van der Waals surface area contributed by atoms with Gasteiger partial charge in [-0.25, -0.2) is 4.68 Å². The van der Waals surface area contributed by atoms with Gasteiger partial charge < -0.3 is 15.0 Å². The van der Waals surface area contributed by atoms with Gasteiger partial charge in [0.2, 0.25) is 11.8 Å². The fourth-order valence-corrected chi connectivity index (χ4v) is 4.01. The molecule has 0 saturated heterocycles. The predicted molar refractivity (Wildman–Crippen MR) is 137 cm³/mol. The van der Waals surface area contributed by atoms with E-state index < -0.39 is 11.6 Å². The average Bonchev–Trinajstić information content (AvgIpc) is 3.24. The number of nitrogens with one attached hydrogen (secondary N) is 1. The lowest BCUT2D eigenvalue weighted by Crippen LogP contribution is -2.51. The lowest BCUT2D eigenvalue weighted by Gasteiger charge is -2.35. The van der Waals surface area contributed by atoms with Crippen molar-refractivity contribution < 1.29 is 14.3 Å². The molecule has 3 aromatic rings. The van der Waals surface area contributed by atoms with Crippen LogP contribution >= 0.6 is 11.6 Å². The van der Waals surface area contributed by atoms with Crippen LogP contribution in [0.15, 0.2) is 48.5 Å². The molecule has 2 aromatic carbocycles. The number of aromatic nitrogens is 3. The van der Waals surface area contributed by atoms with E-state index in [9.17, 15) is 9.59 Å². The predicted octanol–water partition coefficient (Wildman–Crippen LogP) is 4.39. The van der Waals surface area contributed by atoms with Crippen LogP contribution in [0.25, 0.3) is 11.0 Å². The molecule has 0 radical (unpaired) electrons. The van der Waals surface area contributed by atoms with Gasteiger partial charge in [0.1, 0.15) is 18.1 Å². The van der Waals surface area contributed by atoms with Gasteiger partial charge in [0.05, 0.1) is 5.52 Å². The maximum absolute atomic E-state index is 13.8. The van der Waals surface area contributed by atoms with Crippen molar-refractivity contribution in [3.8, 4) is 0 Å². The molecule has 1 atom stereocenters. The molecule has 188 valence electrons. The number of carbonyl (C=O) groups is 2. The second-order valence-electron chi connectivity index (χ2n) is 9.02. The lowest BCUT2D eigenvalue weighted by molar-refractivity contribution is -0.142. The fourth-order valence-electron chi connectivity index (χ4n) is 3.77. The number of halogens is 1. The van der Waals surface area contributed by atoms with E-state index in [0.717, 1.165) is 11.9 Å². The highest BCUT2D eigenvalue weighted by atomic mass is 35.5. The summed E-state index contributed by atoms with van der Waals surface area (Å²) in [7, 11) is 0. The Hall–Kier alpha value is -2.97. The Bertz CT molecular complexity index is 1150. The number of hydrogen-bond donors (Lipinski definition) is 1. The van der Waals surface area contributed by atoms with Crippen molar-refractivity contribution in [2.45, 2.75) is 58.7 Å². The summed E-state index contributed by atoms with van der Waals surface area (Å²) in [4.78, 5) is 29.0. The molecule has 0 aliphatic heterocycles. The summed E-state index contributed by atoms with van der Waals surface area (Å²) in [6.45, 7) is 9.16. The number of benzene rings is 2. The van der Waals surface area contributed by atoms with Gasteiger partial charge in [0.15, 0.2) is 0 Å². The molecule has 0 bridgehead atoms. The largest absolute Gasteiger partial charge is 0.382 e. The zero-order chi connectivity index (χ0) is 25.4. The van der Waals surface area contributed by atoms with Crippen molar-refractivity contribution in [1.82, 2.24) is 25.2 Å². The molecule has 1 heterocycles. The van der Waals surface area contributed by atoms with Gasteiger partial charge in [0.25, 0.3) is 0 Å². The first-order chi connectivity index (χ1) is 16.8. The Balaban J connectivity index is 1.99. The molecule has 0 spiro atoms. The first-order valence-electron chi connectivity index (χ1n) is 12.0. The highest BCUT2D eigenvalue weighted by Crippen LogP contribution is 2.29. The van der Waals surface area contributed by atoms with Crippen LogP contribution in [0.5, 0.6) is 0 Å². The van der Waals surface area contributed by atoms with Crippen LogP contribution in [0, 0.1) is 0 Å². The van der Waals surface area contributed by atoms with Gasteiger partial charge in [-0.05, 0) is 51.8 Å². The SMILES string of the molecule is CCOCCCN(C(=O)Cn1nnc2ccccc21)[C@@H](C(=O)NC(C)(C)CC)c1ccccc1Cl. The van der Waals surface area contributed by atoms with Crippen molar-refractivity contribution in [2.75, 3.05) is 19.8 Å². The molecule has 9 heteroatoms. The van der Waals surface area contributed by atoms with Crippen LogP contribution in [-0.2, 0) is 20.9 Å². The highest BCUT2D eigenvalue weighted by Gasteiger charge is 2.35. The first-order valence-corrected chi connectivity index (χ1v) is 12.4. The Labute approximate surface area is 211 Å². The van der Waals surface area contributed by atoms with E-state index in [0.29, 0.717) is 42.3 Å². The number of para-hydroxylation sites is 1. The van der Waals surface area contributed by atoms with E-state index in [1.165, 1.54) is 0 Å². The van der Waals surface area contributed by atoms with E-state index in [4.69, 9.17) is 16.3 Å². The molecule has 0 saturated carbocycles. The molecule has 0 unspecified atom stereocenters. The smallest absolute Gasteiger partial charge is 0.247 e. The standard InChI is InChI=1S/C26H34ClN5O3/c1-5-26(3,4)28-25(34)24(19-12-7-8-13-20(19)27)31(16-11-17-35-6-2)23(33)18-32-22-15-10-9-14-21(22)29-30-32/h7-10,12-15,24H,5-6,11,16-18H2,1-4H3,(H,28,34)/t24-/m1/s1. The number of fused-ring (bicyclic) bond motifs is 1. The third kappa shape index (κ3) is 6.80. The molecule has 35 heavy (non-hydrogen) atoms.